The lowest BCUT2D eigenvalue weighted by molar-refractivity contribution is 0.510. The SMILES string of the molecule is CC(C)(C#CO)c1ccc(Br)cn1. The van der Waals surface area contributed by atoms with E-state index in [0.29, 0.717) is 0 Å². The van der Waals surface area contributed by atoms with E-state index in [4.69, 9.17) is 5.11 Å². The molecule has 0 spiro atoms. The minimum atomic E-state index is -0.407. The highest BCUT2D eigenvalue weighted by Gasteiger charge is 2.18. The maximum absolute atomic E-state index is 8.52. The summed E-state index contributed by atoms with van der Waals surface area (Å²) in [6.45, 7) is 3.82. The third-order valence-electron chi connectivity index (χ3n) is 1.74. The number of aliphatic hydroxyl groups is 1. The molecule has 0 bridgehead atoms. The molecule has 0 fully saturated rings. The molecule has 3 heteroatoms. The molecule has 0 aliphatic heterocycles. The summed E-state index contributed by atoms with van der Waals surface area (Å²) >= 11 is 3.30. The van der Waals surface area contributed by atoms with Gasteiger partial charge in [0.05, 0.1) is 11.1 Å². The quantitative estimate of drug-likeness (QED) is 0.765. The summed E-state index contributed by atoms with van der Waals surface area (Å²) in [7, 11) is 0. The van der Waals surface area contributed by atoms with Crippen molar-refractivity contribution in [1.82, 2.24) is 4.98 Å². The summed E-state index contributed by atoms with van der Waals surface area (Å²) in [5.41, 5.74) is 0.437. The summed E-state index contributed by atoms with van der Waals surface area (Å²) in [4.78, 5) is 4.21. The molecule has 1 aromatic rings. The van der Waals surface area contributed by atoms with Gasteiger partial charge in [-0.25, -0.2) is 0 Å². The van der Waals surface area contributed by atoms with Crippen molar-refractivity contribution in [2.45, 2.75) is 19.3 Å². The van der Waals surface area contributed by atoms with E-state index in [1.165, 1.54) is 0 Å². The normalized spacial score (nSPS) is 10.4. The molecule has 0 aliphatic rings. The highest BCUT2D eigenvalue weighted by molar-refractivity contribution is 9.10. The van der Waals surface area contributed by atoms with Gasteiger partial charge in [-0.2, -0.15) is 0 Å². The van der Waals surface area contributed by atoms with Crippen molar-refractivity contribution < 1.29 is 5.11 Å². The molecule has 0 aliphatic carbocycles. The van der Waals surface area contributed by atoms with Gasteiger partial charge in [-0.3, -0.25) is 4.98 Å². The summed E-state index contributed by atoms with van der Waals surface area (Å²) in [5.74, 6) is 2.69. The number of nitrogens with zero attached hydrogens (tertiary/aromatic N) is 1. The topological polar surface area (TPSA) is 33.1 Å². The van der Waals surface area contributed by atoms with E-state index in [0.717, 1.165) is 10.2 Å². The molecule has 0 radical (unpaired) electrons. The van der Waals surface area contributed by atoms with Crippen LogP contribution in [-0.2, 0) is 5.41 Å². The number of aromatic nitrogens is 1. The molecular weight excluding hydrogens is 230 g/mol. The summed E-state index contributed by atoms with van der Waals surface area (Å²) < 4.78 is 0.934. The monoisotopic (exact) mass is 239 g/mol. The van der Waals surface area contributed by atoms with E-state index in [-0.39, 0.29) is 0 Å². The molecular formula is C10H10BrNO. The molecule has 2 nitrogen and oxygen atoms in total. The van der Waals surface area contributed by atoms with Crippen molar-refractivity contribution in [1.29, 1.82) is 0 Å². The summed E-state index contributed by atoms with van der Waals surface area (Å²) in [6, 6.07) is 3.79. The smallest absolute Gasteiger partial charge is 0.108 e. The van der Waals surface area contributed by atoms with Crippen LogP contribution in [0.15, 0.2) is 22.8 Å². The second-order valence-corrected chi connectivity index (χ2v) is 4.14. The molecule has 1 aromatic heterocycles. The fraction of sp³-hybridized carbons (Fsp3) is 0.300. The predicted molar refractivity (Wildman–Crippen MR) is 54.7 cm³/mol. The largest absolute Gasteiger partial charge is 0.462 e. The standard InChI is InChI=1S/C10H10BrNO/c1-10(2,5-6-13)9-4-3-8(11)7-12-9/h3-4,7,13H,1-2H3. The number of aliphatic hydroxyl groups excluding tert-OH is 1. The van der Waals surface area contributed by atoms with Crippen LogP contribution in [-0.4, -0.2) is 10.1 Å². The predicted octanol–water partition coefficient (Wildman–Crippen LogP) is 2.46. The van der Waals surface area contributed by atoms with Crippen LogP contribution in [0.4, 0.5) is 0 Å². The van der Waals surface area contributed by atoms with Crippen LogP contribution in [0.1, 0.15) is 19.5 Å². The van der Waals surface area contributed by atoms with Gasteiger partial charge in [0.1, 0.15) is 6.11 Å². The molecule has 1 N–H and O–H groups in total. The fourth-order valence-electron chi connectivity index (χ4n) is 0.949. The van der Waals surface area contributed by atoms with E-state index in [2.05, 4.69) is 26.8 Å². The van der Waals surface area contributed by atoms with Gasteiger partial charge in [-0.1, -0.05) is 0 Å². The first-order valence-corrected chi connectivity index (χ1v) is 4.64. The molecule has 0 aromatic carbocycles. The molecule has 68 valence electrons. The van der Waals surface area contributed by atoms with E-state index < -0.39 is 5.41 Å². The van der Waals surface area contributed by atoms with E-state index in [1.807, 2.05) is 32.1 Å². The molecule has 1 heterocycles. The van der Waals surface area contributed by atoms with Crippen LogP contribution in [0.3, 0.4) is 0 Å². The van der Waals surface area contributed by atoms with E-state index in [9.17, 15) is 0 Å². The Morgan fingerprint density at radius 1 is 1.46 bits per heavy atom. The zero-order valence-corrected chi connectivity index (χ0v) is 9.09. The van der Waals surface area contributed by atoms with Gasteiger partial charge in [-0.15, -0.1) is 0 Å². The van der Waals surface area contributed by atoms with Crippen molar-refractivity contribution in [3.63, 3.8) is 0 Å². The minimum Gasteiger partial charge on any atom is -0.462 e. The molecule has 0 saturated heterocycles. The van der Waals surface area contributed by atoms with Crippen molar-refractivity contribution in [3.05, 3.63) is 28.5 Å². The van der Waals surface area contributed by atoms with Gasteiger partial charge < -0.3 is 5.11 Å². The Balaban J connectivity index is 3.05. The third kappa shape index (κ3) is 2.46. The van der Waals surface area contributed by atoms with Crippen LogP contribution in [0.5, 0.6) is 0 Å². The Morgan fingerprint density at radius 3 is 2.62 bits per heavy atom. The van der Waals surface area contributed by atoms with Crippen LogP contribution in [0.25, 0.3) is 0 Å². The molecule has 0 unspecified atom stereocenters. The number of pyridine rings is 1. The summed E-state index contributed by atoms with van der Waals surface area (Å²) in [5, 5.41) is 8.52. The number of hydrogen-bond acceptors (Lipinski definition) is 2. The van der Waals surface area contributed by atoms with Crippen LogP contribution in [0, 0.1) is 12.0 Å². The van der Waals surface area contributed by atoms with Gasteiger partial charge in [0.25, 0.3) is 0 Å². The van der Waals surface area contributed by atoms with Gasteiger partial charge in [0, 0.05) is 10.7 Å². The van der Waals surface area contributed by atoms with Crippen LogP contribution < -0.4 is 0 Å². The second kappa shape index (κ2) is 3.80. The number of rotatable bonds is 1. The molecule has 13 heavy (non-hydrogen) atoms. The maximum Gasteiger partial charge on any atom is 0.108 e. The Kier molecular flexibility index (Phi) is 2.94. The molecule has 1 rings (SSSR count). The molecule has 0 saturated carbocycles. The van der Waals surface area contributed by atoms with Crippen LogP contribution in [0.2, 0.25) is 0 Å². The second-order valence-electron chi connectivity index (χ2n) is 3.22. The van der Waals surface area contributed by atoms with E-state index in [1.54, 1.807) is 6.20 Å². The lowest BCUT2D eigenvalue weighted by atomic mass is 9.90. The summed E-state index contributed by atoms with van der Waals surface area (Å²) in [6.07, 6.45) is 3.64. The van der Waals surface area contributed by atoms with Gasteiger partial charge >= 0.3 is 0 Å². The highest BCUT2D eigenvalue weighted by atomic mass is 79.9. The number of hydrogen-bond donors (Lipinski definition) is 1. The zero-order chi connectivity index (χ0) is 9.90. The van der Waals surface area contributed by atoms with Crippen molar-refractivity contribution in [2.75, 3.05) is 0 Å². The Morgan fingerprint density at radius 2 is 2.15 bits per heavy atom. The van der Waals surface area contributed by atoms with Crippen LogP contribution >= 0.6 is 15.9 Å². The van der Waals surface area contributed by atoms with Gasteiger partial charge in [0.2, 0.25) is 0 Å². The van der Waals surface area contributed by atoms with Crippen molar-refractivity contribution in [3.8, 4) is 12.0 Å². The highest BCUT2D eigenvalue weighted by Crippen LogP contribution is 2.21. The lowest BCUT2D eigenvalue weighted by Crippen LogP contribution is -2.15. The first-order chi connectivity index (χ1) is 6.06. The Bertz CT molecular complexity index is 345. The molecule has 0 atom stereocenters. The van der Waals surface area contributed by atoms with Gasteiger partial charge in [-0.05, 0) is 47.8 Å². The third-order valence-corrected chi connectivity index (χ3v) is 2.21. The van der Waals surface area contributed by atoms with Crippen molar-refractivity contribution in [2.24, 2.45) is 0 Å². The minimum absolute atomic E-state index is 0.407. The average molecular weight is 240 g/mol. The lowest BCUT2D eigenvalue weighted by Gasteiger charge is -2.15. The van der Waals surface area contributed by atoms with E-state index >= 15 is 0 Å². The Labute approximate surface area is 86.1 Å². The maximum atomic E-state index is 8.52. The average Bonchev–Trinajstić information content (AvgIpc) is 2.05. The first-order valence-electron chi connectivity index (χ1n) is 3.84. The Hall–Kier alpha value is -1.01. The first kappa shape index (κ1) is 10.1. The molecule has 0 amide bonds. The fourth-order valence-corrected chi connectivity index (χ4v) is 1.18. The van der Waals surface area contributed by atoms with Gasteiger partial charge in [0.15, 0.2) is 0 Å². The zero-order valence-electron chi connectivity index (χ0n) is 7.50. The number of halogens is 1. The van der Waals surface area contributed by atoms with Crippen molar-refractivity contribution >= 4 is 15.9 Å².